The van der Waals surface area contributed by atoms with Gasteiger partial charge in [0.2, 0.25) is 11.8 Å². The number of fused-ring (bicyclic) bond motifs is 3. The van der Waals surface area contributed by atoms with Gasteiger partial charge in [-0.2, -0.15) is 9.50 Å². The lowest BCUT2D eigenvalue weighted by Crippen LogP contribution is -2.47. The van der Waals surface area contributed by atoms with Crippen molar-refractivity contribution in [3.05, 3.63) is 54.1 Å². The Bertz CT molecular complexity index is 1840. The third-order valence-corrected chi connectivity index (χ3v) is 9.19. The number of hydrogen-bond donors (Lipinski definition) is 1. The zero-order valence-electron chi connectivity index (χ0n) is 23.0. The summed E-state index contributed by atoms with van der Waals surface area (Å²) in [6.45, 7) is 4.14. The molecule has 13 nitrogen and oxygen atoms in total. The number of imidazole rings is 1. The molecule has 0 aliphatic carbocycles. The van der Waals surface area contributed by atoms with Crippen molar-refractivity contribution >= 4 is 45.2 Å². The average Bonchev–Trinajstić information content (AvgIpc) is 3.77. The van der Waals surface area contributed by atoms with Crippen LogP contribution in [0, 0.1) is 11.6 Å². The van der Waals surface area contributed by atoms with E-state index in [0.29, 0.717) is 92.3 Å². The summed E-state index contributed by atoms with van der Waals surface area (Å²) in [6.07, 6.45) is 3.24. The minimum absolute atomic E-state index is 0.164. The molecule has 43 heavy (non-hydrogen) atoms. The first-order valence-electron chi connectivity index (χ1n) is 13.9. The van der Waals surface area contributed by atoms with E-state index >= 15 is 0 Å². The molecular weight excluding hydrogens is 582 g/mol. The summed E-state index contributed by atoms with van der Waals surface area (Å²) in [5.41, 5.74) is 7.88. The van der Waals surface area contributed by atoms with Crippen molar-refractivity contribution in [2.75, 3.05) is 68.0 Å². The second-order valence-electron chi connectivity index (χ2n) is 10.5. The van der Waals surface area contributed by atoms with Crippen LogP contribution >= 0.6 is 0 Å². The molecule has 0 bridgehead atoms. The summed E-state index contributed by atoms with van der Waals surface area (Å²) < 4.78 is 49.9. The van der Waals surface area contributed by atoms with E-state index in [2.05, 4.69) is 25.0 Å². The molecule has 0 saturated carbocycles. The molecule has 2 saturated heterocycles. The lowest BCUT2D eigenvalue weighted by atomic mass is 10.1. The van der Waals surface area contributed by atoms with Gasteiger partial charge in [0.15, 0.2) is 22.6 Å². The van der Waals surface area contributed by atoms with Crippen molar-refractivity contribution in [1.82, 2.24) is 38.9 Å². The zero-order chi connectivity index (χ0) is 29.7. The van der Waals surface area contributed by atoms with Gasteiger partial charge in [-0.1, -0.05) is 0 Å². The molecule has 2 aliphatic rings. The topological polar surface area (TPSA) is 144 Å². The van der Waals surface area contributed by atoms with Gasteiger partial charge < -0.3 is 24.5 Å². The van der Waals surface area contributed by atoms with Gasteiger partial charge in [-0.15, -0.1) is 5.10 Å². The average molecular weight is 611 g/mol. The summed E-state index contributed by atoms with van der Waals surface area (Å²) in [5.74, 6) is -0.298. The number of carbonyl (C=O) groups is 1. The van der Waals surface area contributed by atoms with Gasteiger partial charge in [0.1, 0.15) is 11.6 Å². The quantitative estimate of drug-likeness (QED) is 0.301. The fourth-order valence-electron chi connectivity index (χ4n) is 5.52. The Labute approximate surface area is 246 Å². The van der Waals surface area contributed by atoms with Crippen LogP contribution in [0.15, 0.2) is 41.3 Å². The number of anilines is 2. The molecular formula is C27H28F2N10O3S. The monoisotopic (exact) mass is 610 g/mol. The van der Waals surface area contributed by atoms with Crippen molar-refractivity contribution in [3.63, 3.8) is 0 Å². The number of benzene rings is 1. The Morgan fingerprint density at radius 2 is 1.79 bits per heavy atom. The summed E-state index contributed by atoms with van der Waals surface area (Å²) >= 11 is 0. The summed E-state index contributed by atoms with van der Waals surface area (Å²) in [5, 5.41) is 4.40. The zero-order valence-corrected chi connectivity index (χ0v) is 23.8. The van der Waals surface area contributed by atoms with Crippen molar-refractivity contribution in [2.45, 2.75) is 6.54 Å². The molecule has 7 rings (SSSR count). The maximum absolute atomic E-state index is 14.9. The van der Waals surface area contributed by atoms with Gasteiger partial charge in [-0.25, -0.2) is 18.7 Å². The second kappa shape index (κ2) is 11.0. The van der Waals surface area contributed by atoms with Crippen LogP contribution < -0.4 is 10.6 Å². The predicted octanol–water partition coefficient (Wildman–Crippen LogP) is 1.62. The summed E-state index contributed by atoms with van der Waals surface area (Å²) in [7, 11) is -0.969. The van der Waals surface area contributed by atoms with Gasteiger partial charge >= 0.3 is 0 Å². The maximum Gasteiger partial charge on any atom is 0.256 e. The first-order chi connectivity index (χ1) is 20.9. The molecule has 224 valence electrons. The Balaban J connectivity index is 1.02. The SMILES string of the molecule is Nc1nc2c(ncn2CCN2CCN(c3cc(C(=O)N4CCS(=O)CC4)c(F)cc3F)CC2)c2nc(-c3ccco3)nn12. The highest BCUT2D eigenvalue weighted by Gasteiger charge is 2.27. The van der Waals surface area contributed by atoms with E-state index in [9.17, 15) is 17.8 Å². The number of nitrogen functional groups attached to an aromatic ring is 1. The first kappa shape index (κ1) is 27.4. The largest absolute Gasteiger partial charge is 0.461 e. The fraction of sp³-hybridized carbons (Fsp3) is 0.370. The lowest BCUT2D eigenvalue weighted by molar-refractivity contribution is 0.0766. The number of halogens is 2. The minimum Gasteiger partial charge on any atom is -0.461 e. The molecule has 16 heteroatoms. The Hall–Kier alpha value is -4.44. The number of nitrogens with two attached hydrogens (primary N) is 1. The number of aromatic nitrogens is 6. The highest BCUT2D eigenvalue weighted by Crippen LogP contribution is 2.27. The van der Waals surface area contributed by atoms with Crippen LogP contribution in [0.5, 0.6) is 0 Å². The normalized spacial score (nSPS) is 17.0. The molecule has 2 fully saturated rings. The van der Waals surface area contributed by atoms with E-state index < -0.39 is 28.3 Å². The molecule has 2 N–H and O–H groups in total. The third kappa shape index (κ3) is 5.09. The van der Waals surface area contributed by atoms with Gasteiger partial charge in [-0.05, 0) is 18.2 Å². The molecule has 2 aliphatic heterocycles. The summed E-state index contributed by atoms with van der Waals surface area (Å²) in [4.78, 5) is 32.1. The number of hydrogen-bond acceptors (Lipinski definition) is 10. The van der Waals surface area contributed by atoms with Crippen LogP contribution in [0.3, 0.4) is 0 Å². The summed E-state index contributed by atoms with van der Waals surface area (Å²) in [6, 6.07) is 5.61. The van der Waals surface area contributed by atoms with Crippen LogP contribution in [-0.2, 0) is 17.3 Å². The van der Waals surface area contributed by atoms with Crippen LogP contribution in [0.25, 0.3) is 28.4 Å². The number of nitrogens with zero attached hydrogens (tertiary/aromatic N) is 9. The first-order valence-corrected chi connectivity index (χ1v) is 15.4. The molecule has 1 amide bonds. The van der Waals surface area contributed by atoms with Crippen LogP contribution in [0.4, 0.5) is 20.4 Å². The van der Waals surface area contributed by atoms with E-state index in [0.717, 1.165) is 6.07 Å². The van der Waals surface area contributed by atoms with Crippen molar-refractivity contribution in [3.8, 4) is 11.6 Å². The molecule has 6 heterocycles. The van der Waals surface area contributed by atoms with Crippen molar-refractivity contribution < 1.29 is 22.2 Å². The number of carbonyl (C=O) groups excluding carboxylic acids is 1. The molecule has 0 atom stereocenters. The number of amides is 1. The van der Waals surface area contributed by atoms with E-state index in [-0.39, 0.29) is 17.2 Å². The molecule has 0 unspecified atom stereocenters. The van der Waals surface area contributed by atoms with E-state index in [1.165, 1.54) is 15.5 Å². The fourth-order valence-corrected chi connectivity index (χ4v) is 6.57. The molecule has 1 aromatic carbocycles. The van der Waals surface area contributed by atoms with E-state index in [1.54, 1.807) is 24.7 Å². The smallest absolute Gasteiger partial charge is 0.256 e. The number of piperazine rings is 1. The van der Waals surface area contributed by atoms with Gasteiger partial charge in [0.05, 0.1) is 23.8 Å². The standard InChI is InChI=1S/C27H28F2N10O3S/c28-18-15-19(29)20(14-17(18)26(40)37-9-12-43(41)13-10-37)36-6-3-35(4-7-36)5-8-38-16-31-22-24(38)33-27(30)39-25(22)32-23(34-39)21-2-1-11-42-21/h1-2,11,14-16H,3-10,12-13H2,(H2,30,33). The van der Waals surface area contributed by atoms with Gasteiger partial charge in [-0.3, -0.25) is 13.9 Å². The van der Waals surface area contributed by atoms with Crippen LogP contribution in [0.1, 0.15) is 10.4 Å². The molecule has 4 aromatic heterocycles. The Morgan fingerprint density at radius 1 is 1.00 bits per heavy atom. The highest BCUT2D eigenvalue weighted by molar-refractivity contribution is 7.85. The highest BCUT2D eigenvalue weighted by atomic mass is 32.2. The molecule has 5 aromatic rings. The Kier molecular flexibility index (Phi) is 7.01. The Morgan fingerprint density at radius 3 is 2.53 bits per heavy atom. The maximum atomic E-state index is 14.9. The van der Waals surface area contributed by atoms with Gasteiger partial charge in [0, 0.05) is 80.7 Å². The van der Waals surface area contributed by atoms with Crippen LogP contribution in [-0.4, -0.2) is 106 Å². The van der Waals surface area contributed by atoms with E-state index in [1.807, 2.05) is 9.47 Å². The third-order valence-electron chi connectivity index (χ3n) is 7.91. The molecule has 0 radical (unpaired) electrons. The van der Waals surface area contributed by atoms with Crippen LogP contribution in [0.2, 0.25) is 0 Å². The number of rotatable bonds is 6. The lowest BCUT2D eigenvalue weighted by Gasteiger charge is -2.36. The second-order valence-corrected chi connectivity index (χ2v) is 12.2. The predicted molar refractivity (Wildman–Crippen MR) is 155 cm³/mol. The van der Waals surface area contributed by atoms with E-state index in [4.69, 9.17) is 10.2 Å². The van der Waals surface area contributed by atoms with Crippen molar-refractivity contribution in [2.24, 2.45) is 0 Å². The van der Waals surface area contributed by atoms with Crippen molar-refractivity contribution in [1.29, 1.82) is 0 Å². The van der Waals surface area contributed by atoms with Gasteiger partial charge in [0.25, 0.3) is 5.91 Å². The molecule has 0 spiro atoms. The number of furan rings is 1. The minimum atomic E-state index is -0.969.